The van der Waals surface area contributed by atoms with Gasteiger partial charge in [0.2, 0.25) is 5.95 Å². The number of para-hydroxylation sites is 1. The van der Waals surface area contributed by atoms with E-state index in [2.05, 4.69) is 50.7 Å². The van der Waals surface area contributed by atoms with Gasteiger partial charge in [0, 0.05) is 26.3 Å². The zero-order valence-electron chi connectivity index (χ0n) is 24.2. The van der Waals surface area contributed by atoms with Crippen LogP contribution in [-0.4, -0.2) is 68.0 Å². The fourth-order valence-electron chi connectivity index (χ4n) is 3.56. The predicted octanol–water partition coefficient (Wildman–Crippen LogP) is 3.46. The number of carboxylic acids is 1. The number of hydrogen-bond acceptors (Lipinski definition) is 18. The van der Waals surface area contributed by atoms with Crippen molar-refractivity contribution >= 4 is 79.4 Å². The molecule has 1 aromatic heterocycles. The highest BCUT2D eigenvalue weighted by atomic mass is 32.2. The van der Waals surface area contributed by atoms with E-state index in [1.807, 2.05) is 0 Å². The third-order valence-corrected chi connectivity index (χ3v) is 7.12. The fraction of sp³-hybridized carbons (Fsp3) is 0.120. The highest BCUT2D eigenvalue weighted by Gasteiger charge is 2.22. The molecule has 4 rings (SSSR count). The minimum atomic E-state index is -4.80. The number of H-pyrrole nitrogens is 1. The number of ketones is 2. The van der Waals surface area contributed by atoms with Crippen LogP contribution in [0.5, 0.6) is 5.75 Å². The number of hydrogen-bond donors (Lipinski definition) is 8. The van der Waals surface area contributed by atoms with Crippen LogP contribution in [0.1, 0.15) is 24.2 Å². The summed E-state index contributed by atoms with van der Waals surface area (Å²) in [6.07, 6.45) is 0. The highest BCUT2D eigenvalue weighted by Crippen LogP contribution is 2.45. The van der Waals surface area contributed by atoms with Crippen molar-refractivity contribution in [1.82, 2.24) is 15.0 Å². The fourth-order valence-corrected chi connectivity index (χ4v) is 4.61. The molecule has 0 bridgehead atoms. The zero-order chi connectivity index (χ0) is 34.9. The summed E-state index contributed by atoms with van der Waals surface area (Å²) in [7, 11) is -3.47. The van der Waals surface area contributed by atoms with Crippen molar-refractivity contribution in [2.24, 2.45) is 10.2 Å². The number of phenols is 1. The third kappa shape index (κ3) is 9.49. The Morgan fingerprint density at radius 1 is 1.02 bits per heavy atom. The van der Waals surface area contributed by atoms with Crippen molar-refractivity contribution in [2.75, 3.05) is 23.2 Å². The molecule has 47 heavy (non-hydrogen) atoms. The first-order chi connectivity index (χ1) is 22.2. The quantitative estimate of drug-likeness (QED) is 0.0200. The van der Waals surface area contributed by atoms with Crippen LogP contribution in [0.4, 0.5) is 29.0 Å². The van der Waals surface area contributed by atoms with Crippen LogP contribution < -0.4 is 21.9 Å². The monoisotopic (exact) mass is 692 g/mol. The molecule has 0 atom stereocenters. The molecule has 0 unspecified atom stereocenters. The number of aromatic nitrogens is 3. The van der Waals surface area contributed by atoms with Gasteiger partial charge in [0.05, 0.1) is 38.8 Å². The third-order valence-electron chi connectivity index (χ3n) is 5.66. The van der Waals surface area contributed by atoms with E-state index in [-0.39, 0.29) is 61.8 Å². The van der Waals surface area contributed by atoms with Gasteiger partial charge in [0.15, 0.2) is 17.3 Å². The molecule has 20 nitrogen and oxygen atoms in total. The number of aromatic carboxylic acids is 1. The van der Waals surface area contributed by atoms with Gasteiger partial charge in [0.1, 0.15) is 5.69 Å². The lowest BCUT2D eigenvalue weighted by Crippen LogP contribution is -2.14. The molecule has 0 aliphatic carbocycles. The number of hydrazine groups is 1. The summed E-state index contributed by atoms with van der Waals surface area (Å²) in [4.78, 5) is 52.3. The van der Waals surface area contributed by atoms with Gasteiger partial charge >= 0.3 is 11.7 Å². The lowest BCUT2D eigenvalue weighted by atomic mass is 10.1. The molecular formula is C25H24N8O12S2. The maximum atomic E-state index is 12.0. The van der Waals surface area contributed by atoms with Gasteiger partial charge in [-0.05, 0) is 35.7 Å². The molecule has 4 aromatic rings. The molecular weight excluding hydrogens is 668 g/mol. The number of azo groups is 1. The molecule has 3 aromatic carbocycles. The van der Waals surface area contributed by atoms with E-state index in [0.29, 0.717) is 12.0 Å². The lowest BCUT2D eigenvalue weighted by molar-refractivity contribution is -0.432. The number of benzene rings is 3. The number of rotatable bonds is 12. The molecule has 8 N–H and O–H groups in total. The van der Waals surface area contributed by atoms with Crippen molar-refractivity contribution in [3.8, 4) is 5.75 Å². The van der Waals surface area contributed by atoms with Gasteiger partial charge in [0.25, 0.3) is 16.1 Å². The minimum absolute atomic E-state index is 0.000962. The Labute approximate surface area is 267 Å². The molecule has 248 valence electrons. The van der Waals surface area contributed by atoms with Crippen LogP contribution in [0.15, 0.2) is 67.3 Å². The number of anilines is 4. The second kappa shape index (κ2) is 15.7. The van der Waals surface area contributed by atoms with E-state index in [1.54, 1.807) is 6.07 Å². The summed E-state index contributed by atoms with van der Waals surface area (Å²) in [5.41, 5.74) is 4.06. The Balaban J connectivity index is 0.000000913. The molecule has 0 amide bonds. The second-order valence-corrected chi connectivity index (χ2v) is 11.0. The van der Waals surface area contributed by atoms with Crippen LogP contribution in [0.2, 0.25) is 0 Å². The van der Waals surface area contributed by atoms with E-state index in [4.69, 9.17) is 5.26 Å². The Kier molecular flexibility index (Phi) is 12.0. The first kappa shape index (κ1) is 36.0. The van der Waals surface area contributed by atoms with Crippen LogP contribution >= 0.6 is 12.0 Å². The standard InChI is InChI=1S/C21H18N8O10S2.C4H6O2/c1-22-29-20-24-19(25-21(33)26-20)23-13-8-10(41(35,36)37)6-9-7-14(40-39-38-34)16(17(30)15(9)13)28-27-12-5-3-2-4-11(12)18(31)32;1-3(5)4(2)6/h2-8,27-28,30,34H,1H3,(H,31,32)(H,35,36,37)(H2,23,24,25,26,33);1-2H3. The molecule has 1 heterocycles. The molecule has 0 spiro atoms. The van der Waals surface area contributed by atoms with E-state index < -0.39 is 32.4 Å². The molecule has 0 fully saturated rings. The Morgan fingerprint density at radius 2 is 1.70 bits per heavy atom. The number of carbonyl (C=O) groups excluding carboxylic acids is 2. The summed E-state index contributed by atoms with van der Waals surface area (Å²) in [6.45, 7) is 2.50. The SMILES string of the molecule is CC(=O)C(C)=O.CN=Nc1nc(Nc2cc(S(=O)(=O)O)cc3cc(SOOO)c(NNc4ccccc4C(=O)O)c(O)c23)nc(=O)[nH]1. The number of carboxylic acid groups (broad SMARTS) is 1. The first-order valence-electron chi connectivity index (χ1n) is 12.5. The lowest BCUT2D eigenvalue weighted by Gasteiger charge is -2.19. The number of nitrogens with one attached hydrogen (secondary N) is 4. The van der Waals surface area contributed by atoms with Gasteiger partial charge in [-0.25, -0.2) is 14.8 Å². The Morgan fingerprint density at radius 3 is 2.30 bits per heavy atom. The largest absolute Gasteiger partial charge is 0.505 e. The zero-order valence-corrected chi connectivity index (χ0v) is 25.8. The maximum Gasteiger partial charge on any atom is 0.351 e. The van der Waals surface area contributed by atoms with Gasteiger partial charge < -0.3 is 15.5 Å². The predicted molar refractivity (Wildman–Crippen MR) is 164 cm³/mol. The van der Waals surface area contributed by atoms with Gasteiger partial charge in [-0.15, -0.1) is 9.45 Å². The van der Waals surface area contributed by atoms with Crippen LogP contribution in [0.3, 0.4) is 0 Å². The molecule has 0 aliphatic heterocycles. The molecule has 0 saturated carbocycles. The normalized spacial score (nSPS) is 11.1. The number of aromatic hydroxyl groups is 1. The summed E-state index contributed by atoms with van der Waals surface area (Å²) >= 11 is 0.378. The number of fused-ring (bicyclic) bond motifs is 1. The Bertz CT molecular complexity index is 2020. The maximum absolute atomic E-state index is 12.0. The minimum Gasteiger partial charge on any atom is -0.505 e. The van der Waals surface area contributed by atoms with Crippen LogP contribution in [-0.2, 0) is 29.1 Å². The topological polar surface area (TPSA) is 304 Å². The second-order valence-electron chi connectivity index (χ2n) is 8.81. The van der Waals surface area contributed by atoms with Gasteiger partial charge in [-0.1, -0.05) is 17.2 Å². The van der Waals surface area contributed by atoms with Crippen molar-refractivity contribution in [2.45, 2.75) is 23.6 Å². The van der Waals surface area contributed by atoms with Crippen molar-refractivity contribution in [3.05, 3.63) is 58.5 Å². The smallest absolute Gasteiger partial charge is 0.351 e. The van der Waals surface area contributed by atoms with Crippen molar-refractivity contribution in [1.29, 1.82) is 0 Å². The number of phenolic OH excluding ortho intramolecular Hbond substituents is 1. The van der Waals surface area contributed by atoms with Crippen LogP contribution in [0, 0.1) is 0 Å². The van der Waals surface area contributed by atoms with E-state index in [1.165, 1.54) is 45.2 Å². The first-order valence-corrected chi connectivity index (χ1v) is 14.7. The molecule has 22 heteroatoms. The van der Waals surface area contributed by atoms with Gasteiger partial charge in [-0.2, -0.15) is 23.5 Å². The van der Waals surface area contributed by atoms with Crippen molar-refractivity contribution in [3.63, 3.8) is 0 Å². The molecule has 0 aliphatic rings. The molecule has 0 saturated heterocycles. The highest BCUT2D eigenvalue weighted by molar-refractivity contribution is 7.94. The van der Waals surface area contributed by atoms with E-state index in [0.717, 1.165) is 12.1 Å². The number of carbonyl (C=O) groups is 3. The van der Waals surface area contributed by atoms with Crippen LogP contribution in [0.25, 0.3) is 10.8 Å². The number of Topliss-reactive ketones (excluding diaryl/α,β-unsaturated/α-hetero) is 2. The summed E-state index contributed by atoms with van der Waals surface area (Å²) in [5, 5.41) is 42.8. The number of nitrogens with zero attached hydrogens (tertiary/aromatic N) is 4. The summed E-state index contributed by atoms with van der Waals surface area (Å²) < 4.78 is 38.3. The van der Waals surface area contributed by atoms with Crippen molar-refractivity contribution < 1.29 is 52.2 Å². The van der Waals surface area contributed by atoms with E-state index in [9.17, 15) is 42.4 Å². The number of aromatic amines is 1. The summed E-state index contributed by atoms with van der Waals surface area (Å²) in [6, 6.07) is 9.08. The average molecular weight is 693 g/mol. The summed E-state index contributed by atoms with van der Waals surface area (Å²) in [5.74, 6) is -3.19. The Hall–Kier alpha value is -5.52. The van der Waals surface area contributed by atoms with Gasteiger partial charge in [-0.3, -0.25) is 30.0 Å². The van der Waals surface area contributed by atoms with E-state index >= 15 is 0 Å². The molecule has 0 radical (unpaired) electrons. The average Bonchev–Trinajstić information content (AvgIpc) is 2.99.